The third-order valence-corrected chi connectivity index (χ3v) is 2.61. The van der Waals surface area contributed by atoms with E-state index in [1.54, 1.807) is 0 Å². The van der Waals surface area contributed by atoms with Gasteiger partial charge >= 0.3 is 0 Å². The standard InChI is InChI=1S/C13H18O3/c1-4-14-12-10(3)7-9(2)8-11(12)13-15-5-6-16-13/h7-8,13H,4-6H2,1-3H3. The van der Waals surface area contributed by atoms with Gasteiger partial charge in [0.25, 0.3) is 0 Å². The van der Waals surface area contributed by atoms with Gasteiger partial charge in [0.15, 0.2) is 6.29 Å². The molecule has 0 aliphatic carbocycles. The van der Waals surface area contributed by atoms with Crippen molar-refractivity contribution in [1.29, 1.82) is 0 Å². The van der Waals surface area contributed by atoms with Gasteiger partial charge in [-0.3, -0.25) is 0 Å². The lowest BCUT2D eigenvalue weighted by atomic mass is 10.1. The second kappa shape index (κ2) is 4.85. The first-order valence-corrected chi connectivity index (χ1v) is 5.69. The minimum Gasteiger partial charge on any atom is -0.493 e. The first-order valence-electron chi connectivity index (χ1n) is 5.69. The molecule has 0 aromatic heterocycles. The van der Waals surface area contributed by atoms with Crippen molar-refractivity contribution in [2.45, 2.75) is 27.1 Å². The smallest absolute Gasteiger partial charge is 0.187 e. The van der Waals surface area contributed by atoms with E-state index in [4.69, 9.17) is 14.2 Å². The molecule has 88 valence electrons. The van der Waals surface area contributed by atoms with Crippen molar-refractivity contribution in [2.24, 2.45) is 0 Å². The summed E-state index contributed by atoms with van der Waals surface area (Å²) in [5.74, 6) is 0.903. The van der Waals surface area contributed by atoms with Crippen molar-refractivity contribution >= 4 is 0 Å². The number of aryl methyl sites for hydroxylation is 2. The normalized spacial score (nSPS) is 16.7. The summed E-state index contributed by atoms with van der Waals surface area (Å²) in [6.45, 7) is 8.08. The molecule has 0 unspecified atom stereocenters. The van der Waals surface area contributed by atoms with Crippen molar-refractivity contribution in [3.05, 3.63) is 28.8 Å². The molecule has 0 radical (unpaired) electrons. The fraction of sp³-hybridized carbons (Fsp3) is 0.538. The summed E-state index contributed by atoms with van der Waals surface area (Å²) in [5, 5.41) is 0. The Balaban J connectivity index is 2.39. The van der Waals surface area contributed by atoms with Gasteiger partial charge in [0.2, 0.25) is 0 Å². The molecule has 1 aliphatic rings. The molecule has 3 heteroatoms. The van der Waals surface area contributed by atoms with Gasteiger partial charge in [0.05, 0.1) is 25.4 Å². The van der Waals surface area contributed by atoms with Gasteiger partial charge in [0.1, 0.15) is 5.75 Å². The molecule has 0 atom stereocenters. The number of benzene rings is 1. The van der Waals surface area contributed by atoms with E-state index < -0.39 is 0 Å². The Hall–Kier alpha value is -1.06. The average Bonchev–Trinajstić information content (AvgIpc) is 2.75. The molecule has 1 aromatic rings. The zero-order chi connectivity index (χ0) is 11.5. The Kier molecular flexibility index (Phi) is 3.46. The van der Waals surface area contributed by atoms with Crippen LogP contribution in [0.25, 0.3) is 0 Å². The number of rotatable bonds is 3. The van der Waals surface area contributed by atoms with Crippen LogP contribution in [0.3, 0.4) is 0 Å². The minimum absolute atomic E-state index is 0.264. The lowest BCUT2D eigenvalue weighted by Crippen LogP contribution is -2.05. The van der Waals surface area contributed by atoms with Crippen LogP contribution in [0.5, 0.6) is 5.75 Å². The maximum Gasteiger partial charge on any atom is 0.187 e. The minimum atomic E-state index is -0.264. The molecule has 1 aromatic carbocycles. The van der Waals surface area contributed by atoms with Gasteiger partial charge in [0, 0.05) is 0 Å². The van der Waals surface area contributed by atoms with E-state index in [2.05, 4.69) is 26.0 Å². The molecule has 16 heavy (non-hydrogen) atoms. The SMILES string of the molecule is CCOc1c(C)cc(C)cc1C1OCCO1. The Morgan fingerprint density at radius 3 is 2.56 bits per heavy atom. The van der Waals surface area contributed by atoms with Crippen LogP contribution in [0.4, 0.5) is 0 Å². The maximum absolute atomic E-state index is 5.68. The topological polar surface area (TPSA) is 27.7 Å². The van der Waals surface area contributed by atoms with Gasteiger partial charge in [-0.25, -0.2) is 0 Å². The second-order valence-corrected chi connectivity index (χ2v) is 4.01. The number of hydrogen-bond donors (Lipinski definition) is 0. The number of ether oxygens (including phenoxy) is 3. The highest BCUT2D eigenvalue weighted by Gasteiger charge is 2.23. The van der Waals surface area contributed by atoms with Crippen LogP contribution < -0.4 is 4.74 Å². The Labute approximate surface area is 96.3 Å². The second-order valence-electron chi connectivity index (χ2n) is 4.01. The molecule has 0 amide bonds. The molecule has 1 aliphatic heterocycles. The predicted molar refractivity (Wildman–Crippen MR) is 61.7 cm³/mol. The van der Waals surface area contributed by atoms with Crippen LogP contribution >= 0.6 is 0 Å². The van der Waals surface area contributed by atoms with E-state index in [1.807, 2.05) is 6.92 Å². The highest BCUT2D eigenvalue weighted by Crippen LogP contribution is 2.34. The highest BCUT2D eigenvalue weighted by atomic mass is 16.7. The molecule has 0 saturated carbocycles. The van der Waals surface area contributed by atoms with Crippen LogP contribution in [0, 0.1) is 13.8 Å². The summed E-state index contributed by atoms with van der Waals surface area (Å²) in [4.78, 5) is 0. The summed E-state index contributed by atoms with van der Waals surface area (Å²) in [7, 11) is 0. The van der Waals surface area contributed by atoms with E-state index in [0.29, 0.717) is 19.8 Å². The van der Waals surface area contributed by atoms with Crippen molar-refractivity contribution in [3.63, 3.8) is 0 Å². The summed E-state index contributed by atoms with van der Waals surface area (Å²) < 4.78 is 16.7. The lowest BCUT2D eigenvalue weighted by molar-refractivity contribution is -0.0458. The fourth-order valence-corrected chi connectivity index (χ4v) is 2.04. The van der Waals surface area contributed by atoms with Crippen LogP contribution in [-0.2, 0) is 9.47 Å². The molecule has 2 rings (SSSR count). The van der Waals surface area contributed by atoms with E-state index >= 15 is 0 Å². The van der Waals surface area contributed by atoms with Crippen LogP contribution in [0.15, 0.2) is 12.1 Å². The molecule has 0 spiro atoms. The van der Waals surface area contributed by atoms with Gasteiger partial charge in [-0.15, -0.1) is 0 Å². The third kappa shape index (κ3) is 2.20. The predicted octanol–water partition coefficient (Wildman–Crippen LogP) is 2.75. The Bertz CT molecular complexity index is 368. The van der Waals surface area contributed by atoms with Crippen LogP contribution in [0.2, 0.25) is 0 Å². The van der Waals surface area contributed by atoms with Crippen molar-refractivity contribution in [2.75, 3.05) is 19.8 Å². The zero-order valence-corrected chi connectivity index (χ0v) is 10.1. The van der Waals surface area contributed by atoms with Gasteiger partial charge in [-0.05, 0) is 32.4 Å². The van der Waals surface area contributed by atoms with E-state index in [-0.39, 0.29) is 6.29 Å². The lowest BCUT2D eigenvalue weighted by Gasteiger charge is -2.17. The van der Waals surface area contributed by atoms with Crippen LogP contribution in [0.1, 0.15) is 29.9 Å². The van der Waals surface area contributed by atoms with E-state index in [1.165, 1.54) is 5.56 Å². The Morgan fingerprint density at radius 1 is 1.25 bits per heavy atom. The summed E-state index contributed by atoms with van der Waals surface area (Å²) in [6, 6.07) is 4.19. The molecule has 1 heterocycles. The van der Waals surface area contributed by atoms with E-state index in [9.17, 15) is 0 Å². The van der Waals surface area contributed by atoms with Crippen LogP contribution in [-0.4, -0.2) is 19.8 Å². The van der Waals surface area contributed by atoms with Gasteiger partial charge < -0.3 is 14.2 Å². The molecular formula is C13H18O3. The first kappa shape index (κ1) is 11.4. The van der Waals surface area contributed by atoms with Crippen molar-refractivity contribution in [1.82, 2.24) is 0 Å². The monoisotopic (exact) mass is 222 g/mol. The molecule has 3 nitrogen and oxygen atoms in total. The largest absolute Gasteiger partial charge is 0.493 e. The van der Waals surface area contributed by atoms with E-state index in [0.717, 1.165) is 16.9 Å². The molecule has 0 bridgehead atoms. The summed E-state index contributed by atoms with van der Waals surface area (Å²) in [6.07, 6.45) is -0.264. The first-order chi connectivity index (χ1) is 7.72. The maximum atomic E-state index is 5.68. The zero-order valence-electron chi connectivity index (χ0n) is 10.1. The molecular weight excluding hydrogens is 204 g/mol. The molecule has 1 saturated heterocycles. The van der Waals surface area contributed by atoms with Crippen molar-refractivity contribution in [3.8, 4) is 5.75 Å². The Morgan fingerprint density at radius 2 is 1.94 bits per heavy atom. The van der Waals surface area contributed by atoms with Crippen molar-refractivity contribution < 1.29 is 14.2 Å². The average molecular weight is 222 g/mol. The number of hydrogen-bond acceptors (Lipinski definition) is 3. The fourth-order valence-electron chi connectivity index (χ4n) is 2.04. The summed E-state index contributed by atoms with van der Waals surface area (Å²) in [5.41, 5.74) is 3.35. The molecule has 1 fully saturated rings. The third-order valence-electron chi connectivity index (χ3n) is 2.61. The molecule has 0 N–H and O–H groups in total. The van der Waals surface area contributed by atoms with Gasteiger partial charge in [-0.1, -0.05) is 11.6 Å². The summed E-state index contributed by atoms with van der Waals surface area (Å²) >= 11 is 0. The highest BCUT2D eigenvalue weighted by molar-refractivity contribution is 5.44. The van der Waals surface area contributed by atoms with Gasteiger partial charge in [-0.2, -0.15) is 0 Å². The quantitative estimate of drug-likeness (QED) is 0.787.